The van der Waals surface area contributed by atoms with E-state index in [4.69, 9.17) is 5.11 Å². The summed E-state index contributed by atoms with van der Waals surface area (Å²) < 4.78 is 0. The molecule has 1 rings (SSSR count). The van der Waals surface area contributed by atoms with Crippen molar-refractivity contribution < 1.29 is 19.6 Å². The number of nitro groups is 1. The van der Waals surface area contributed by atoms with Crippen LogP contribution in [0.2, 0.25) is 0 Å². The molecular weight excluding hydrogens is 266 g/mol. The van der Waals surface area contributed by atoms with Crippen molar-refractivity contribution in [1.29, 1.82) is 0 Å². The van der Waals surface area contributed by atoms with E-state index in [0.29, 0.717) is 5.69 Å². The zero-order valence-electron chi connectivity index (χ0n) is 11.0. The summed E-state index contributed by atoms with van der Waals surface area (Å²) in [6, 6.07) is 5.34. The average molecular weight is 281 g/mol. The Morgan fingerprint density at radius 2 is 1.85 bits per heavy atom. The summed E-state index contributed by atoms with van der Waals surface area (Å²) in [6.45, 7) is 2.69. The first-order valence-electron chi connectivity index (χ1n) is 5.75. The standard InChI is InChI=1S/C12H15N3O5/c1-12(2,11(17)18)13-7-10(16)14-8-3-5-9(6-4-8)15(19)20/h3-6,13H,7H2,1-2H3,(H,14,16)(H,17,18). The molecule has 0 saturated heterocycles. The maximum atomic E-state index is 11.6. The number of hydrogen-bond donors (Lipinski definition) is 3. The second-order valence-electron chi connectivity index (χ2n) is 4.64. The van der Waals surface area contributed by atoms with Crippen LogP contribution < -0.4 is 10.6 Å². The number of carbonyl (C=O) groups excluding carboxylic acids is 1. The minimum absolute atomic E-state index is 0.0758. The quantitative estimate of drug-likeness (QED) is 0.528. The van der Waals surface area contributed by atoms with Crippen molar-refractivity contribution >= 4 is 23.3 Å². The van der Waals surface area contributed by atoms with Crippen LogP contribution in [0.3, 0.4) is 0 Å². The minimum Gasteiger partial charge on any atom is -0.480 e. The van der Waals surface area contributed by atoms with Gasteiger partial charge in [0.05, 0.1) is 11.5 Å². The summed E-state index contributed by atoms with van der Waals surface area (Å²) in [5, 5.41) is 24.4. The summed E-state index contributed by atoms with van der Waals surface area (Å²) in [7, 11) is 0. The largest absolute Gasteiger partial charge is 0.480 e. The van der Waals surface area contributed by atoms with E-state index >= 15 is 0 Å². The molecule has 0 bridgehead atoms. The molecule has 1 aromatic carbocycles. The molecule has 0 aliphatic rings. The van der Waals surface area contributed by atoms with Gasteiger partial charge in [0.25, 0.3) is 5.69 Å². The number of aliphatic carboxylic acids is 1. The van der Waals surface area contributed by atoms with Crippen LogP contribution in [0.25, 0.3) is 0 Å². The van der Waals surface area contributed by atoms with Crippen molar-refractivity contribution in [2.45, 2.75) is 19.4 Å². The van der Waals surface area contributed by atoms with Gasteiger partial charge >= 0.3 is 5.97 Å². The van der Waals surface area contributed by atoms with Crippen LogP contribution in [-0.2, 0) is 9.59 Å². The van der Waals surface area contributed by atoms with Crippen molar-refractivity contribution in [3.63, 3.8) is 0 Å². The van der Waals surface area contributed by atoms with Crippen LogP contribution in [0, 0.1) is 10.1 Å². The number of carboxylic acid groups (broad SMARTS) is 1. The van der Waals surface area contributed by atoms with Crippen LogP contribution in [0.4, 0.5) is 11.4 Å². The third-order valence-corrected chi connectivity index (χ3v) is 2.59. The number of amides is 1. The molecule has 0 spiro atoms. The number of nitrogens with one attached hydrogen (secondary N) is 2. The Labute approximate surface area is 114 Å². The van der Waals surface area contributed by atoms with Gasteiger partial charge in [-0.15, -0.1) is 0 Å². The number of non-ortho nitro benzene ring substituents is 1. The Morgan fingerprint density at radius 3 is 2.30 bits per heavy atom. The normalized spacial score (nSPS) is 10.9. The summed E-state index contributed by atoms with van der Waals surface area (Å²) in [4.78, 5) is 32.4. The Morgan fingerprint density at radius 1 is 1.30 bits per heavy atom. The molecule has 1 aromatic rings. The van der Waals surface area contributed by atoms with Crippen molar-refractivity contribution in [3.8, 4) is 0 Å². The molecule has 0 saturated carbocycles. The molecule has 8 heteroatoms. The topological polar surface area (TPSA) is 122 Å². The molecule has 0 fully saturated rings. The van der Waals surface area contributed by atoms with Gasteiger partial charge in [0.1, 0.15) is 5.54 Å². The van der Waals surface area contributed by atoms with Gasteiger partial charge in [-0.2, -0.15) is 0 Å². The van der Waals surface area contributed by atoms with Gasteiger partial charge in [0, 0.05) is 17.8 Å². The molecule has 0 radical (unpaired) electrons. The first-order chi connectivity index (χ1) is 9.22. The maximum absolute atomic E-state index is 11.6. The molecule has 0 atom stereocenters. The molecule has 20 heavy (non-hydrogen) atoms. The molecule has 0 heterocycles. The van der Waals surface area contributed by atoms with Crippen molar-refractivity contribution in [2.24, 2.45) is 0 Å². The number of hydrogen-bond acceptors (Lipinski definition) is 5. The zero-order valence-corrected chi connectivity index (χ0v) is 11.0. The number of anilines is 1. The van der Waals surface area contributed by atoms with Crippen LogP contribution in [0.1, 0.15) is 13.8 Å². The first-order valence-corrected chi connectivity index (χ1v) is 5.75. The van der Waals surface area contributed by atoms with E-state index in [1.807, 2.05) is 0 Å². The average Bonchev–Trinajstić information content (AvgIpc) is 2.37. The number of rotatable bonds is 6. The summed E-state index contributed by atoms with van der Waals surface area (Å²) in [5.74, 6) is -1.51. The number of nitro benzene ring substituents is 1. The summed E-state index contributed by atoms with van der Waals surface area (Å²) >= 11 is 0. The number of carboxylic acids is 1. The highest BCUT2D eigenvalue weighted by atomic mass is 16.6. The lowest BCUT2D eigenvalue weighted by molar-refractivity contribution is -0.384. The van der Waals surface area contributed by atoms with E-state index in [2.05, 4.69) is 10.6 Å². The number of nitrogens with zero attached hydrogens (tertiary/aromatic N) is 1. The lowest BCUT2D eigenvalue weighted by Crippen LogP contribution is -2.49. The van der Waals surface area contributed by atoms with E-state index in [-0.39, 0.29) is 12.2 Å². The molecule has 0 aliphatic carbocycles. The van der Waals surface area contributed by atoms with Crippen LogP contribution in [0.15, 0.2) is 24.3 Å². The van der Waals surface area contributed by atoms with Gasteiger partial charge in [-0.05, 0) is 26.0 Å². The van der Waals surface area contributed by atoms with Gasteiger partial charge in [-0.25, -0.2) is 0 Å². The van der Waals surface area contributed by atoms with E-state index < -0.39 is 22.3 Å². The molecule has 8 nitrogen and oxygen atoms in total. The van der Waals surface area contributed by atoms with E-state index in [1.54, 1.807) is 0 Å². The lowest BCUT2D eigenvalue weighted by atomic mass is 10.1. The predicted octanol–water partition coefficient (Wildman–Crippen LogP) is 0.986. The van der Waals surface area contributed by atoms with Crippen molar-refractivity contribution in [2.75, 3.05) is 11.9 Å². The number of carbonyl (C=O) groups is 2. The van der Waals surface area contributed by atoms with E-state index in [1.165, 1.54) is 38.1 Å². The van der Waals surface area contributed by atoms with Crippen LogP contribution in [0.5, 0.6) is 0 Å². The second-order valence-corrected chi connectivity index (χ2v) is 4.64. The minimum atomic E-state index is -1.22. The number of benzene rings is 1. The molecule has 3 N–H and O–H groups in total. The maximum Gasteiger partial charge on any atom is 0.323 e. The van der Waals surface area contributed by atoms with Gasteiger partial charge in [0.15, 0.2) is 0 Å². The van der Waals surface area contributed by atoms with Gasteiger partial charge in [-0.1, -0.05) is 0 Å². The first kappa shape index (κ1) is 15.6. The van der Waals surface area contributed by atoms with Crippen molar-refractivity contribution in [3.05, 3.63) is 34.4 Å². The third kappa shape index (κ3) is 4.32. The molecule has 0 aliphatic heterocycles. The zero-order chi connectivity index (χ0) is 15.3. The fraction of sp³-hybridized carbons (Fsp3) is 0.333. The molecule has 108 valence electrons. The Kier molecular flexibility index (Phi) is 4.76. The van der Waals surface area contributed by atoms with Gasteiger partial charge in [-0.3, -0.25) is 25.0 Å². The molecule has 1 amide bonds. The lowest BCUT2D eigenvalue weighted by Gasteiger charge is -2.20. The third-order valence-electron chi connectivity index (χ3n) is 2.59. The molecule has 0 aromatic heterocycles. The van der Waals surface area contributed by atoms with E-state index in [9.17, 15) is 19.7 Å². The highest BCUT2D eigenvalue weighted by molar-refractivity contribution is 5.92. The molecule has 0 unspecified atom stereocenters. The van der Waals surface area contributed by atoms with Gasteiger partial charge in [0.2, 0.25) is 5.91 Å². The summed E-state index contributed by atoms with van der Waals surface area (Å²) in [5.41, 5.74) is -0.893. The Bertz CT molecular complexity index is 524. The molecular formula is C12H15N3O5. The van der Waals surface area contributed by atoms with Crippen LogP contribution in [-0.4, -0.2) is 34.0 Å². The predicted molar refractivity (Wildman–Crippen MR) is 71.4 cm³/mol. The Hall–Kier alpha value is -2.48. The second kappa shape index (κ2) is 6.11. The van der Waals surface area contributed by atoms with E-state index in [0.717, 1.165) is 0 Å². The Balaban J connectivity index is 2.54. The van der Waals surface area contributed by atoms with Crippen LogP contribution >= 0.6 is 0 Å². The highest BCUT2D eigenvalue weighted by Crippen LogP contribution is 2.15. The SMILES string of the molecule is CC(C)(NCC(=O)Nc1ccc([N+](=O)[O-])cc1)C(=O)O. The summed E-state index contributed by atoms with van der Waals surface area (Å²) in [6.07, 6.45) is 0. The smallest absolute Gasteiger partial charge is 0.323 e. The fourth-order valence-electron chi connectivity index (χ4n) is 1.25. The van der Waals surface area contributed by atoms with Gasteiger partial charge < -0.3 is 10.4 Å². The fourth-order valence-corrected chi connectivity index (χ4v) is 1.25. The monoisotopic (exact) mass is 281 g/mol. The van der Waals surface area contributed by atoms with Crippen molar-refractivity contribution in [1.82, 2.24) is 5.32 Å². The highest BCUT2D eigenvalue weighted by Gasteiger charge is 2.26.